The first kappa shape index (κ1) is 14.3. The molecule has 1 aromatic rings. The fourth-order valence-electron chi connectivity index (χ4n) is 1.28. The minimum atomic E-state index is -0.628. The average molecular weight is 254 g/mol. The first-order chi connectivity index (χ1) is 8.70. The summed E-state index contributed by atoms with van der Waals surface area (Å²) in [6.07, 6.45) is 3.71. The summed E-state index contributed by atoms with van der Waals surface area (Å²) in [6, 6.07) is 1.41. The largest absolute Gasteiger partial charge is 0.462 e. The summed E-state index contributed by atoms with van der Waals surface area (Å²) in [5, 5.41) is 0. The van der Waals surface area contributed by atoms with Gasteiger partial charge in [0.25, 0.3) is 0 Å². The van der Waals surface area contributed by atoms with Crippen molar-refractivity contribution in [3.8, 4) is 0 Å². The summed E-state index contributed by atoms with van der Waals surface area (Å²) in [6.45, 7) is 4.52. The molecule has 0 amide bonds. The standard InChI is InChI=1S/C13H18O5/c1-3-5-8-18-13(15)11-10(6-9-16-11)12(14)17-7-4-2/h6,9H,3-5,7-8H2,1-2H3. The van der Waals surface area contributed by atoms with E-state index in [0.29, 0.717) is 13.2 Å². The van der Waals surface area contributed by atoms with Gasteiger partial charge >= 0.3 is 11.9 Å². The van der Waals surface area contributed by atoms with Crippen molar-refractivity contribution in [3.63, 3.8) is 0 Å². The zero-order valence-electron chi connectivity index (χ0n) is 10.7. The quantitative estimate of drug-likeness (QED) is 0.553. The maximum Gasteiger partial charge on any atom is 0.375 e. The molecule has 0 radical (unpaired) electrons. The van der Waals surface area contributed by atoms with Gasteiger partial charge in [-0.05, 0) is 18.9 Å². The maximum atomic E-state index is 11.7. The van der Waals surface area contributed by atoms with Crippen molar-refractivity contribution in [3.05, 3.63) is 23.7 Å². The Balaban J connectivity index is 2.63. The van der Waals surface area contributed by atoms with Gasteiger partial charge in [-0.2, -0.15) is 0 Å². The van der Waals surface area contributed by atoms with Crippen LogP contribution in [0.4, 0.5) is 0 Å². The second-order valence-electron chi connectivity index (χ2n) is 3.79. The summed E-state index contributed by atoms with van der Waals surface area (Å²) < 4.78 is 14.9. The fourth-order valence-corrected chi connectivity index (χ4v) is 1.28. The van der Waals surface area contributed by atoms with Crippen LogP contribution in [0.15, 0.2) is 16.7 Å². The molecule has 0 saturated heterocycles. The molecule has 0 aliphatic carbocycles. The summed E-state index contributed by atoms with van der Waals surface area (Å²) >= 11 is 0. The lowest BCUT2D eigenvalue weighted by molar-refractivity contribution is 0.0427. The predicted molar refractivity (Wildman–Crippen MR) is 64.5 cm³/mol. The maximum absolute atomic E-state index is 11.7. The van der Waals surface area contributed by atoms with E-state index in [0.717, 1.165) is 19.3 Å². The second kappa shape index (κ2) is 7.53. The van der Waals surface area contributed by atoms with Crippen LogP contribution >= 0.6 is 0 Å². The Bertz CT molecular complexity index is 394. The first-order valence-corrected chi connectivity index (χ1v) is 6.12. The molecule has 5 nitrogen and oxygen atoms in total. The van der Waals surface area contributed by atoms with Crippen LogP contribution in [0.1, 0.15) is 54.0 Å². The first-order valence-electron chi connectivity index (χ1n) is 6.12. The number of esters is 2. The van der Waals surface area contributed by atoms with E-state index < -0.39 is 11.9 Å². The molecule has 5 heteroatoms. The Morgan fingerprint density at radius 2 is 1.83 bits per heavy atom. The zero-order valence-corrected chi connectivity index (χ0v) is 10.7. The van der Waals surface area contributed by atoms with Crippen LogP contribution in [-0.2, 0) is 9.47 Å². The van der Waals surface area contributed by atoms with Gasteiger partial charge in [0, 0.05) is 0 Å². The molecule has 0 aliphatic rings. The highest BCUT2D eigenvalue weighted by molar-refractivity contribution is 6.01. The highest BCUT2D eigenvalue weighted by Crippen LogP contribution is 2.14. The Morgan fingerprint density at radius 3 is 2.50 bits per heavy atom. The van der Waals surface area contributed by atoms with E-state index in [1.807, 2.05) is 13.8 Å². The topological polar surface area (TPSA) is 65.7 Å². The van der Waals surface area contributed by atoms with E-state index in [1.54, 1.807) is 0 Å². The number of carbonyl (C=O) groups excluding carboxylic acids is 2. The number of carbonyl (C=O) groups is 2. The van der Waals surface area contributed by atoms with Crippen LogP contribution in [0.25, 0.3) is 0 Å². The third-order valence-corrected chi connectivity index (χ3v) is 2.24. The van der Waals surface area contributed by atoms with E-state index in [1.165, 1.54) is 12.3 Å². The lowest BCUT2D eigenvalue weighted by atomic mass is 10.2. The third-order valence-electron chi connectivity index (χ3n) is 2.24. The normalized spacial score (nSPS) is 10.1. The van der Waals surface area contributed by atoms with E-state index in [2.05, 4.69) is 0 Å². The molecular formula is C13H18O5. The second-order valence-corrected chi connectivity index (χ2v) is 3.79. The molecule has 0 unspecified atom stereocenters. The number of unbranched alkanes of at least 4 members (excludes halogenated alkanes) is 1. The number of ether oxygens (including phenoxy) is 2. The molecule has 0 spiro atoms. The molecular weight excluding hydrogens is 236 g/mol. The number of hydrogen-bond donors (Lipinski definition) is 0. The van der Waals surface area contributed by atoms with Gasteiger partial charge < -0.3 is 13.9 Å². The van der Waals surface area contributed by atoms with E-state index in [9.17, 15) is 9.59 Å². The van der Waals surface area contributed by atoms with Crippen LogP contribution in [0.2, 0.25) is 0 Å². The predicted octanol–water partition coefficient (Wildman–Crippen LogP) is 2.80. The van der Waals surface area contributed by atoms with Gasteiger partial charge in [-0.3, -0.25) is 0 Å². The molecule has 0 aromatic carbocycles. The van der Waals surface area contributed by atoms with Crippen LogP contribution in [-0.4, -0.2) is 25.2 Å². The molecule has 1 rings (SSSR count). The number of furan rings is 1. The molecule has 0 bridgehead atoms. The van der Waals surface area contributed by atoms with E-state index in [4.69, 9.17) is 13.9 Å². The zero-order chi connectivity index (χ0) is 13.4. The highest BCUT2D eigenvalue weighted by atomic mass is 16.5. The van der Waals surface area contributed by atoms with Gasteiger partial charge in [-0.1, -0.05) is 20.3 Å². The van der Waals surface area contributed by atoms with E-state index in [-0.39, 0.29) is 11.3 Å². The van der Waals surface area contributed by atoms with Gasteiger partial charge in [0.15, 0.2) is 0 Å². The van der Waals surface area contributed by atoms with Gasteiger partial charge in [-0.15, -0.1) is 0 Å². The van der Waals surface area contributed by atoms with Crippen molar-refractivity contribution in [1.29, 1.82) is 0 Å². The minimum absolute atomic E-state index is 0.0905. The molecule has 0 N–H and O–H groups in total. The van der Waals surface area contributed by atoms with Crippen molar-refractivity contribution < 1.29 is 23.5 Å². The Hall–Kier alpha value is -1.78. The van der Waals surface area contributed by atoms with Crippen LogP contribution in [0.5, 0.6) is 0 Å². The molecule has 0 atom stereocenters. The fraction of sp³-hybridized carbons (Fsp3) is 0.538. The van der Waals surface area contributed by atoms with Crippen LogP contribution < -0.4 is 0 Å². The summed E-state index contributed by atoms with van der Waals surface area (Å²) in [5.74, 6) is -1.28. The molecule has 18 heavy (non-hydrogen) atoms. The van der Waals surface area contributed by atoms with Crippen molar-refractivity contribution in [2.24, 2.45) is 0 Å². The van der Waals surface area contributed by atoms with Crippen molar-refractivity contribution in [2.45, 2.75) is 33.1 Å². The lowest BCUT2D eigenvalue weighted by Gasteiger charge is -2.04. The van der Waals surface area contributed by atoms with Gasteiger partial charge in [0.1, 0.15) is 5.56 Å². The Labute approximate surface area is 106 Å². The Kier molecular flexibility index (Phi) is 5.97. The Morgan fingerprint density at radius 1 is 1.11 bits per heavy atom. The molecule has 1 aromatic heterocycles. The molecule has 1 heterocycles. The van der Waals surface area contributed by atoms with Crippen molar-refractivity contribution >= 4 is 11.9 Å². The molecule has 0 saturated carbocycles. The van der Waals surface area contributed by atoms with Gasteiger partial charge in [-0.25, -0.2) is 9.59 Å². The molecule has 100 valence electrons. The van der Waals surface area contributed by atoms with Gasteiger partial charge in [0.05, 0.1) is 19.5 Å². The number of rotatable bonds is 7. The van der Waals surface area contributed by atoms with E-state index >= 15 is 0 Å². The lowest BCUT2D eigenvalue weighted by Crippen LogP contribution is -2.12. The molecule has 0 fully saturated rings. The monoisotopic (exact) mass is 254 g/mol. The van der Waals surface area contributed by atoms with Crippen molar-refractivity contribution in [1.82, 2.24) is 0 Å². The number of hydrogen-bond acceptors (Lipinski definition) is 5. The van der Waals surface area contributed by atoms with Crippen molar-refractivity contribution in [2.75, 3.05) is 13.2 Å². The summed E-state index contributed by atoms with van der Waals surface area (Å²) in [5.41, 5.74) is 0.116. The highest BCUT2D eigenvalue weighted by Gasteiger charge is 2.22. The van der Waals surface area contributed by atoms with Gasteiger partial charge in [0.2, 0.25) is 5.76 Å². The van der Waals surface area contributed by atoms with Crippen LogP contribution in [0, 0.1) is 0 Å². The SMILES string of the molecule is CCCCOC(=O)c1occc1C(=O)OCCC. The minimum Gasteiger partial charge on any atom is -0.462 e. The third kappa shape index (κ3) is 3.91. The smallest absolute Gasteiger partial charge is 0.375 e. The average Bonchev–Trinajstić information content (AvgIpc) is 2.85. The van der Waals surface area contributed by atoms with Crippen LogP contribution in [0.3, 0.4) is 0 Å². The summed E-state index contributed by atoms with van der Waals surface area (Å²) in [7, 11) is 0. The molecule has 0 aliphatic heterocycles. The summed E-state index contributed by atoms with van der Waals surface area (Å²) in [4.78, 5) is 23.3.